The summed E-state index contributed by atoms with van der Waals surface area (Å²) >= 11 is 0. The van der Waals surface area contributed by atoms with Gasteiger partial charge in [0, 0.05) is 5.69 Å². The van der Waals surface area contributed by atoms with Crippen molar-refractivity contribution in [1.29, 1.82) is 5.26 Å². The van der Waals surface area contributed by atoms with Gasteiger partial charge in [0.25, 0.3) is 5.91 Å². The molecule has 0 atom stereocenters. The van der Waals surface area contributed by atoms with E-state index >= 15 is 0 Å². The van der Waals surface area contributed by atoms with Crippen LogP contribution in [0.5, 0.6) is 11.5 Å². The van der Waals surface area contributed by atoms with Gasteiger partial charge in [0.1, 0.15) is 18.2 Å². The van der Waals surface area contributed by atoms with Crippen molar-refractivity contribution >= 4 is 17.7 Å². The molecule has 0 heterocycles. The van der Waals surface area contributed by atoms with Gasteiger partial charge in [-0.2, -0.15) is 5.26 Å². The molecule has 0 bridgehead atoms. The third-order valence-electron chi connectivity index (χ3n) is 5.00. The molecule has 0 saturated heterocycles. The molecule has 3 aromatic carbocycles. The van der Waals surface area contributed by atoms with E-state index in [0.717, 1.165) is 12.0 Å². The molecule has 5 nitrogen and oxygen atoms in total. The Morgan fingerprint density at radius 2 is 1.69 bits per heavy atom. The number of hydrogen-bond donors (Lipinski definition) is 1. The van der Waals surface area contributed by atoms with E-state index in [1.807, 2.05) is 61.5 Å². The topological polar surface area (TPSA) is 71.4 Å². The van der Waals surface area contributed by atoms with Crippen LogP contribution in [-0.2, 0) is 17.8 Å². The fraction of sp³-hybridized carbons (Fsp3) is 0.185. The fourth-order valence-electron chi connectivity index (χ4n) is 3.08. The van der Waals surface area contributed by atoms with Gasteiger partial charge in [-0.25, -0.2) is 0 Å². The first-order valence-electron chi connectivity index (χ1n) is 10.4. The van der Waals surface area contributed by atoms with E-state index in [1.165, 1.54) is 17.2 Å². The van der Waals surface area contributed by atoms with Crippen molar-refractivity contribution in [3.63, 3.8) is 0 Å². The number of hydrogen-bond acceptors (Lipinski definition) is 4. The number of carbonyl (C=O) groups is 1. The lowest BCUT2D eigenvalue weighted by molar-refractivity contribution is -0.112. The van der Waals surface area contributed by atoms with E-state index in [9.17, 15) is 10.1 Å². The van der Waals surface area contributed by atoms with Crippen molar-refractivity contribution in [2.24, 2.45) is 0 Å². The first kappa shape index (κ1) is 22.6. The number of benzene rings is 3. The summed E-state index contributed by atoms with van der Waals surface area (Å²) in [4.78, 5) is 12.5. The zero-order chi connectivity index (χ0) is 22.9. The van der Waals surface area contributed by atoms with Crippen LogP contribution in [0.3, 0.4) is 0 Å². The van der Waals surface area contributed by atoms with Gasteiger partial charge in [-0.05, 0) is 60.4 Å². The highest BCUT2D eigenvalue weighted by molar-refractivity contribution is 6.09. The van der Waals surface area contributed by atoms with Crippen LogP contribution in [-0.4, -0.2) is 13.0 Å². The zero-order valence-electron chi connectivity index (χ0n) is 18.5. The summed E-state index contributed by atoms with van der Waals surface area (Å²) in [5.41, 5.74) is 4.73. The van der Waals surface area contributed by atoms with Gasteiger partial charge in [0.05, 0.1) is 7.11 Å². The van der Waals surface area contributed by atoms with E-state index in [0.29, 0.717) is 29.4 Å². The third-order valence-corrected chi connectivity index (χ3v) is 5.00. The second-order valence-electron chi connectivity index (χ2n) is 7.36. The Hall–Kier alpha value is -4.04. The molecule has 0 spiro atoms. The average molecular weight is 427 g/mol. The van der Waals surface area contributed by atoms with Gasteiger partial charge in [-0.1, -0.05) is 55.0 Å². The normalized spacial score (nSPS) is 10.9. The molecular weight excluding hydrogens is 400 g/mol. The molecule has 0 aliphatic heterocycles. The molecule has 0 unspecified atom stereocenters. The van der Waals surface area contributed by atoms with Gasteiger partial charge in [0.15, 0.2) is 11.5 Å². The average Bonchev–Trinajstić information content (AvgIpc) is 2.82. The van der Waals surface area contributed by atoms with E-state index in [1.54, 1.807) is 25.3 Å². The van der Waals surface area contributed by atoms with Gasteiger partial charge < -0.3 is 14.8 Å². The van der Waals surface area contributed by atoms with Gasteiger partial charge in [0.2, 0.25) is 0 Å². The zero-order valence-corrected chi connectivity index (χ0v) is 18.5. The van der Waals surface area contributed by atoms with Crippen LogP contribution in [0, 0.1) is 18.3 Å². The smallest absolute Gasteiger partial charge is 0.266 e. The Morgan fingerprint density at radius 1 is 1.00 bits per heavy atom. The lowest BCUT2D eigenvalue weighted by atomic mass is 10.1. The quantitative estimate of drug-likeness (QED) is 0.371. The molecule has 0 saturated carbocycles. The Labute approximate surface area is 188 Å². The van der Waals surface area contributed by atoms with Crippen LogP contribution < -0.4 is 14.8 Å². The first-order chi connectivity index (χ1) is 15.5. The maximum Gasteiger partial charge on any atom is 0.266 e. The van der Waals surface area contributed by atoms with E-state index < -0.39 is 5.91 Å². The monoisotopic (exact) mass is 426 g/mol. The Kier molecular flexibility index (Phi) is 7.66. The largest absolute Gasteiger partial charge is 0.493 e. The number of nitrogens with one attached hydrogen (secondary N) is 1. The van der Waals surface area contributed by atoms with Crippen molar-refractivity contribution in [1.82, 2.24) is 0 Å². The third kappa shape index (κ3) is 5.99. The lowest BCUT2D eigenvalue weighted by Gasteiger charge is -2.12. The van der Waals surface area contributed by atoms with Gasteiger partial charge in [-0.15, -0.1) is 0 Å². The van der Waals surface area contributed by atoms with Gasteiger partial charge in [-0.3, -0.25) is 4.79 Å². The van der Waals surface area contributed by atoms with Crippen LogP contribution in [0.4, 0.5) is 5.69 Å². The molecule has 162 valence electrons. The fourth-order valence-corrected chi connectivity index (χ4v) is 3.08. The molecule has 0 aliphatic rings. The number of amides is 1. The van der Waals surface area contributed by atoms with E-state index in [-0.39, 0.29) is 5.57 Å². The highest BCUT2D eigenvalue weighted by Gasteiger charge is 2.11. The van der Waals surface area contributed by atoms with Crippen molar-refractivity contribution in [2.45, 2.75) is 26.9 Å². The molecule has 0 fully saturated rings. The van der Waals surface area contributed by atoms with Crippen LogP contribution >= 0.6 is 0 Å². The standard InChI is InChI=1S/C27H26N2O3/c1-4-20-9-12-24(13-10-20)29-27(30)23(17-28)15-22-11-14-25(26(16-22)31-3)32-18-21-7-5-19(2)6-8-21/h5-16H,4,18H2,1-3H3,(H,29,30)/b23-15-. The van der Waals surface area contributed by atoms with Crippen molar-refractivity contribution in [2.75, 3.05) is 12.4 Å². The summed E-state index contributed by atoms with van der Waals surface area (Å²) in [6.45, 7) is 4.52. The SMILES string of the molecule is CCc1ccc(NC(=O)/C(C#N)=C\c2ccc(OCc3ccc(C)cc3)c(OC)c2)cc1. The molecule has 0 aliphatic carbocycles. The number of rotatable bonds is 8. The summed E-state index contributed by atoms with van der Waals surface area (Å²) in [5, 5.41) is 12.3. The molecule has 5 heteroatoms. The molecule has 0 aromatic heterocycles. The first-order valence-corrected chi connectivity index (χ1v) is 10.4. The van der Waals surface area contributed by atoms with Crippen molar-refractivity contribution in [3.8, 4) is 17.6 Å². The van der Waals surface area contributed by atoms with Crippen LogP contribution in [0.15, 0.2) is 72.3 Å². The summed E-state index contributed by atoms with van der Waals surface area (Å²) in [5.74, 6) is 0.651. The van der Waals surface area contributed by atoms with Crippen LogP contribution in [0.25, 0.3) is 6.08 Å². The molecule has 0 radical (unpaired) electrons. The molecule has 1 N–H and O–H groups in total. The summed E-state index contributed by atoms with van der Waals surface area (Å²) in [6, 6.07) is 22.9. The predicted molar refractivity (Wildman–Crippen MR) is 127 cm³/mol. The Balaban J connectivity index is 1.72. The highest BCUT2D eigenvalue weighted by Crippen LogP contribution is 2.30. The Bertz CT molecular complexity index is 1140. The summed E-state index contributed by atoms with van der Waals surface area (Å²) in [7, 11) is 1.55. The predicted octanol–water partition coefficient (Wildman–Crippen LogP) is 5.69. The minimum atomic E-state index is -0.463. The second-order valence-corrected chi connectivity index (χ2v) is 7.36. The van der Waals surface area contributed by atoms with Crippen molar-refractivity contribution in [3.05, 3.63) is 94.6 Å². The number of carbonyl (C=O) groups excluding carboxylic acids is 1. The van der Waals surface area contributed by atoms with Gasteiger partial charge >= 0.3 is 0 Å². The highest BCUT2D eigenvalue weighted by atomic mass is 16.5. The number of methoxy groups -OCH3 is 1. The number of aryl methyl sites for hydroxylation is 2. The molecule has 3 aromatic rings. The second kappa shape index (κ2) is 10.8. The molecule has 3 rings (SSSR count). The molecule has 32 heavy (non-hydrogen) atoms. The van der Waals surface area contributed by atoms with E-state index in [2.05, 4.69) is 12.2 Å². The van der Waals surface area contributed by atoms with E-state index in [4.69, 9.17) is 9.47 Å². The minimum Gasteiger partial charge on any atom is -0.493 e. The number of ether oxygens (including phenoxy) is 2. The number of nitrogens with zero attached hydrogens (tertiary/aromatic N) is 1. The maximum atomic E-state index is 12.5. The number of nitriles is 1. The number of anilines is 1. The summed E-state index contributed by atoms with van der Waals surface area (Å²) in [6.07, 6.45) is 2.45. The maximum absolute atomic E-state index is 12.5. The summed E-state index contributed by atoms with van der Waals surface area (Å²) < 4.78 is 11.3. The van der Waals surface area contributed by atoms with Crippen LogP contribution in [0.1, 0.15) is 29.2 Å². The minimum absolute atomic E-state index is 0.0000511. The van der Waals surface area contributed by atoms with Crippen LogP contribution in [0.2, 0.25) is 0 Å². The molecular formula is C27H26N2O3. The lowest BCUT2D eigenvalue weighted by Crippen LogP contribution is -2.13. The van der Waals surface area contributed by atoms with Crippen molar-refractivity contribution < 1.29 is 14.3 Å². The Morgan fingerprint density at radius 3 is 2.31 bits per heavy atom. The molecule has 1 amide bonds.